The van der Waals surface area contributed by atoms with Gasteiger partial charge in [-0.2, -0.15) is 4.98 Å². The first-order valence-electron chi connectivity index (χ1n) is 14.5. The number of halogens is 1. The quantitative estimate of drug-likeness (QED) is 0.182. The third-order valence-corrected chi connectivity index (χ3v) is 9.74. The highest BCUT2D eigenvalue weighted by Gasteiger charge is 2.52. The van der Waals surface area contributed by atoms with E-state index in [0.29, 0.717) is 23.2 Å². The van der Waals surface area contributed by atoms with Crippen LogP contribution in [0.3, 0.4) is 0 Å². The highest BCUT2D eigenvalue weighted by molar-refractivity contribution is 9.10. The second-order valence-corrected chi connectivity index (χ2v) is 13.4. The number of benzene rings is 2. The average Bonchev–Trinajstić information content (AvgIpc) is 2.97. The Morgan fingerprint density at radius 2 is 1.84 bits per heavy atom. The highest BCUT2D eigenvalue weighted by atomic mass is 79.9. The van der Waals surface area contributed by atoms with Gasteiger partial charge in [0.15, 0.2) is 0 Å². The number of aryl methyl sites for hydroxylation is 1. The predicted molar refractivity (Wildman–Crippen MR) is 181 cm³/mol. The number of ether oxygens (including phenoxy) is 1. The van der Waals surface area contributed by atoms with Crippen LogP contribution in [-0.4, -0.2) is 77.5 Å². The van der Waals surface area contributed by atoms with Gasteiger partial charge >= 0.3 is 0 Å². The van der Waals surface area contributed by atoms with Crippen molar-refractivity contribution in [2.24, 2.45) is 5.41 Å². The van der Waals surface area contributed by atoms with Gasteiger partial charge in [0.05, 0.1) is 34.2 Å². The molecule has 2 aromatic heterocycles. The minimum absolute atomic E-state index is 0.441. The summed E-state index contributed by atoms with van der Waals surface area (Å²) < 4.78 is 8.67. The summed E-state index contributed by atoms with van der Waals surface area (Å²) in [6.45, 7) is 11.3. The summed E-state index contributed by atoms with van der Waals surface area (Å²) in [6.07, 6.45) is 8.11. The van der Waals surface area contributed by atoms with Gasteiger partial charge < -0.3 is 24.6 Å². The maximum Gasteiger partial charge on any atom is 0.229 e. The van der Waals surface area contributed by atoms with Gasteiger partial charge in [0.1, 0.15) is 17.1 Å². The second kappa shape index (κ2) is 12.0. The Labute approximate surface area is 265 Å². The van der Waals surface area contributed by atoms with E-state index in [0.717, 1.165) is 57.8 Å². The zero-order valence-corrected chi connectivity index (χ0v) is 27.9. The summed E-state index contributed by atoms with van der Waals surface area (Å²) in [4.78, 5) is 23.5. The predicted octanol–water partition coefficient (Wildman–Crippen LogP) is 6.49. The van der Waals surface area contributed by atoms with Crippen LogP contribution in [0.15, 0.2) is 47.3 Å². The Morgan fingerprint density at radius 3 is 2.53 bits per heavy atom. The number of rotatable bonds is 10. The second-order valence-electron chi connectivity index (χ2n) is 11.6. The fraction of sp³-hybridized carbons (Fsp3) is 0.419. The molecule has 0 bridgehead atoms. The van der Waals surface area contributed by atoms with E-state index < -0.39 is 0 Å². The molecule has 0 amide bonds. The van der Waals surface area contributed by atoms with Gasteiger partial charge in [-0.1, -0.05) is 18.9 Å². The largest absolute Gasteiger partial charge is 0.494 e. The molecular formula is C31H38BrN9OS. The van der Waals surface area contributed by atoms with Crippen LogP contribution in [-0.2, 0) is 6.42 Å². The van der Waals surface area contributed by atoms with Crippen molar-refractivity contribution >= 4 is 73.4 Å². The number of methoxy groups -OCH3 is 1. The average molecular weight is 665 g/mol. The van der Waals surface area contributed by atoms with Crippen LogP contribution in [0.25, 0.3) is 11.0 Å². The molecule has 0 unspecified atom stereocenters. The first kappa shape index (κ1) is 29.7. The van der Waals surface area contributed by atoms with Crippen molar-refractivity contribution in [3.8, 4) is 5.75 Å². The Balaban J connectivity index is 1.25. The van der Waals surface area contributed by atoms with E-state index in [4.69, 9.17) is 9.72 Å². The van der Waals surface area contributed by atoms with Crippen LogP contribution in [0.1, 0.15) is 26.3 Å². The van der Waals surface area contributed by atoms with Crippen molar-refractivity contribution in [1.29, 1.82) is 0 Å². The molecule has 10 nitrogen and oxygen atoms in total. The zero-order valence-electron chi connectivity index (χ0n) is 25.5. The normalized spacial score (nSPS) is 15.9. The van der Waals surface area contributed by atoms with Crippen molar-refractivity contribution in [1.82, 2.24) is 24.8 Å². The van der Waals surface area contributed by atoms with Crippen molar-refractivity contribution in [3.63, 3.8) is 0 Å². The molecule has 2 fully saturated rings. The third-order valence-electron chi connectivity index (χ3n) is 8.43. The summed E-state index contributed by atoms with van der Waals surface area (Å²) in [5, 5.41) is 6.91. The Kier molecular flexibility index (Phi) is 8.27. The molecule has 2 aliphatic rings. The lowest BCUT2D eigenvalue weighted by Crippen LogP contribution is -2.73. The lowest BCUT2D eigenvalue weighted by molar-refractivity contribution is -0.0412. The van der Waals surface area contributed by atoms with Crippen molar-refractivity contribution in [2.75, 3.05) is 66.4 Å². The molecule has 12 heteroatoms. The minimum Gasteiger partial charge on any atom is -0.494 e. The molecule has 0 atom stereocenters. The summed E-state index contributed by atoms with van der Waals surface area (Å²) in [5.41, 5.74) is 7.23. The molecule has 226 valence electrons. The molecule has 2 aliphatic heterocycles. The van der Waals surface area contributed by atoms with Crippen molar-refractivity contribution < 1.29 is 4.74 Å². The number of hydrogen-bond acceptors (Lipinski definition) is 11. The smallest absolute Gasteiger partial charge is 0.229 e. The van der Waals surface area contributed by atoms with Crippen LogP contribution >= 0.6 is 27.9 Å². The molecule has 4 aromatic rings. The highest BCUT2D eigenvalue weighted by Crippen LogP contribution is 2.46. The van der Waals surface area contributed by atoms with Crippen molar-refractivity contribution in [2.45, 2.75) is 33.2 Å². The summed E-state index contributed by atoms with van der Waals surface area (Å²) in [5.74, 6) is 1.86. The van der Waals surface area contributed by atoms with Crippen LogP contribution < -0.4 is 24.6 Å². The molecule has 0 saturated carbocycles. The van der Waals surface area contributed by atoms with E-state index in [-0.39, 0.29) is 0 Å². The van der Waals surface area contributed by atoms with Gasteiger partial charge in [-0.25, -0.2) is 4.98 Å². The van der Waals surface area contributed by atoms with Crippen LogP contribution in [0.2, 0.25) is 0 Å². The molecule has 0 radical (unpaired) electrons. The molecule has 2 aromatic carbocycles. The lowest BCUT2D eigenvalue weighted by atomic mass is 9.72. The lowest BCUT2D eigenvalue weighted by Gasteiger charge is -2.62. The molecular weight excluding hydrogens is 626 g/mol. The van der Waals surface area contributed by atoms with Gasteiger partial charge in [0.25, 0.3) is 0 Å². The molecule has 2 N–H and O–H groups in total. The molecule has 4 heterocycles. The van der Waals surface area contributed by atoms with Crippen LogP contribution in [0.5, 0.6) is 5.75 Å². The molecule has 0 aliphatic carbocycles. The standard InChI is InChI=1S/C31H38BrN9OS/c1-7-20-12-24(26(42-5)13-25(20)41-17-31(18-41)15-40(16-31)19(2)3)37-30-35-14-21(32)29(38-30)36-23-9-8-22-27(34-11-10-33-22)28(23)39(4)43-6/h8-14,19H,7,15-18H2,1-6H3,(H2,35,36,37,38). The third kappa shape index (κ3) is 5.67. The first-order valence-corrected chi connectivity index (χ1v) is 16.5. The minimum atomic E-state index is 0.441. The van der Waals surface area contributed by atoms with Gasteiger partial charge in [0, 0.05) is 81.3 Å². The topological polar surface area (TPSA) is 94.6 Å². The van der Waals surface area contributed by atoms with E-state index in [1.54, 1.807) is 37.6 Å². The number of hydrogen-bond donors (Lipinski definition) is 2. The van der Waals surface area contributed by atoms with E-state index in [2.05, 4.69) is 88.5 Å². The zero-order chi connectivity index (χ0) is 30.3. The number of aromatic nitrogens is 4. The molecule has 2 saturated heterocycles. The van der Waals surface area contributed by atoms with Gasteiger partial charge in [-0.3, -0.25) is 14.9 Å². The Hall–Kier alpha value is -3.35. The fourth-order valence-electron chi connectivity index (χ4n) is 6.07. The van der Waals surface area contributed by atoms with Crippen molar-refractivity contribution in [3.05, 3.63) is 52.9 Å². The molecule has 43 heavy (non-hydrogen) atoms. The van der Waals surface area contributed by atoms with Gasteiger partial charge in [-0.05, 0) is 60.0 Å². The maximum absolute atomic E-state index is 5.86. The first-order chi connectivity index (χ1) is 20.7. The fourth-order valence-corrected chi connectivity index (χ4v) is 6.73. The summed E-state index contributed by atoms with van der Waals surface area (Å²) >= 11 is 5.23. The monoisotopic (exact) mass is 663 g/mol. The number of likely N-dealkylation sites (tertiary alicyclic amines) is 1. The maximum atomic E-state index is 5.86. The van der Waals surface area contributed by atoms with E-state index in [1.807, 2.05) is 25.4 Å². The van der Waals surface area contributed by atoms with E-state index >= 15 is 0 Å². The van der Waals surface area contributed by atoms with Crippen LogP contribution in [0.4, 0.5) is 34.5 Å². The SMILES string of the molecule is CCc1cc(Nc2ncc(Br)c(Nc3ccc4nccnc4c3N(C)SC)n2)c(OC)cc1N1CC2(C1)CN(C(C)C)C2. The Morgan fingerprint density at radius 1 is 1.07 bits per heavy atom. The summed E-state index contributed by atoms with van der Waals surface area (Å²) in [6, 6.07) is 8.91. The van der Waals surface area contributed by atoms with Gasteiger partial charge in [-0.15, -0.1) is 0 Å². The number of fused-ring (bicyclic) bond motifs is 1. The van der Waals surface area contributed by atoms with E-state index in [1.165, 1.54) is 24.3 Å². The summed E-state index contributed by atoms with van der Waals surface area (Å²) in [7, 11) is 3.72. The Bertz CT molecular complexity index is 1640. The van der Waals surface area contributed by atoms with Crippen LogP contribution in [0, 0.1) is 5.41 Å². The molecule has 6 rings (SSSR count). The van der Waals surface area contributed by atoms with E-state index in [9.17, 15) is 0 Å². The molecule has 1 spiro atoms. The number of nitrogens with one attached hydrogen (secondary N) is 2. The number of anilines is 6. The number of nitrogens with zero attached hydrogens (tertiary/aromatic N) is 7. The van der Waals surface area contributed by atoms with Gasteiger partial charge in [0.2, 0.25) is 5.95 Å².